The van der Waals surface area contributed by atoms with E-state index in [1.165, 1.54) is 0 Å². The molecule has 0 bridgehead atoms. The van der Waals surface area contributed by atoms with Crippen molar-refractivity contribution in [2.75, 3.05) is 20.3 Å². The van der Waals surface area contributed by atoms with Crippen molar-refractivity contribution in [2.45, 2.75) is 6.92 Å². The Morgan fingerprint density at radius 3 is 2.38 bits per heavy atom. The largest absolute Gasteiger partial charge is 0.497 e. The highest BCUT2D eigenvalue weighted by molar-refractivity contribution is 5.97. The van der Waals surface area contributed by atoms with Crippen LogP contribution in [0, 0.1) is 6.92 Å². The lowest BCUT2D eigenvalue weighted by Crippen LogP contribution is -2.13. The molecule has 6 heteroatoms. The van der Waals surface area contributed by atoms with E-state index in [1.807, 2.05) is 30.3 Å². The maximum absolute atomic E-state index is 12.4. The van der Waals surface area contributed by atoms with E-state index in [0.29, 0.717) is 22.8 Å². The first-order chi connectivity index (χ1) is 12.7. The van der Waals surface area contributed by atoms with E-state index in [1.54, 1.807) is 38.3 Å². The lowest BCUT2D eigenvalue weighted by molar-refractivity contribution is 0.0449. The highest BCUT2D eigenvalue weighted by atomic mass is 16.6. The number of methoxy groups -OCH3 is 1. The molecule has 0 radical (unpaired) electrons. The molecule has 1 aromatic heterocycles. The van der Waals surface area contributed by atoms with E-state index < -0.39 is 5.97 Å². The van der Waals surface area contributed by atoms with Gasteiger partial charge in [-0.1, -0.05) is 35.5 Å². The third-order valence-corrected chi connectivity index (χ3v) is 3.76. The van der Waals surface area contributed by atoms with Crippen LogP contribution in [0.3, 0.4) is 0 Å². The zero-order chi connectivity index (χ0) is 18.4. The summed E-state index contributed by atoms with van der Waals surface area (Å²) in [4.78, 5) is 12.4. The molecule has 0 saturated heterocycles. The Labute approximate surface area is 151 Å². The first kappa shape index (κ1) is 17.5. The lowest BCUT2D eigenvalue weighted by atomic mass is 10.1. The Kier molecular flexibility index (Phi) is 5.53. The minimum atomic E-state index is -0.485. The van der Waals surface area contributed by atoms with Gasteiger partial charge in [-0.15, -0.1) is 0 Å². The average Bonchev–Trinajstić information content (AvgIpc) is 3.08. The van der Waals surface area contributed by atoms with Crippen molar-refractivity contribution in [1.82, 2.24) is 5.16 Å². The predicted molar refractivity (Wildman–Crippen MR) is 95.4 cm³/mol. The van der Waals surface area contributed by atoms with Gasteiger partial charge < -0.3 is 18.7 Å². The number of rotatable bonds is 7. The second kappa shape index (κ2) is 8.20. The van der Waals surface area contributed by atoms with Gasteiger partial charge in [0.2, 0.25) is 0 Å². The maximum atomic E-state index is 12.4. The summed E-state index contributed by atoms with van der Waals surface area (Å²) in [5, 5.41) is 3.98. The number of nitrogens with zero attached hydrogens (tertiary/aromatic N) is 1. The summed E-state index contributed by atoms with van der Waals surface area (Å²) in [6.07, 6.45) is 0. The molecule has 2 aromatic carbocycles. The number of esters is 1. The Bertz CT molecular complexity index is 856. The Hall–Kier alpha value is -3.28. The maximum Gasteiger partial charge on any atom is 0.344 e. The molecule has 3 rings (SSSR count). The van der Waals surface area contributed by atoms with Gasteiger partial charge in [0.15, 0.2) is 0 Å². The van der Waals surface area contributed by atoms with E-state index in [4.69, 9.17) is 18.7 Å². The van der Waals surface area contributed by atoms with Crippen LogP contribution in [0.25, 0.3) is 11.3 Å². The predicted octanol–water partition coefficient (Wildman–Crippen LogP) is 3.89. The highest BCUT2D eigenvalue weighted by Gasteiger charge is 2.22. The monoisotopic (exact) mass is 353 g/mol. The number of benzene rings is 2. The molecule has 134 valence electrons. The second-order valence-corrected chi connectivity index (χ2v) is 5.49. The Balaban J connectivity index is 1.58. The summed E-state index contributed by atoms with van der Waals surface area (Å²) in [5.41, 5.74) is 1.61. The van der Waals surface area contributed by atoms with Gasteiger partial charge in [0.05, 0.1) is 7.11 Å². The van der Waals surface area contributed by atoms with E-state index in [9.17, 15) is 4.79 Å². The normalized spacial score (nSPS) is 10.4. The number of hydrogen-bond donors (Lipinski definition) is 0. The quantitative estimate of drug-likeness (QED) is 0.474. The standard InChI is InChI=1S/C20H19NO5/c1-14-18(19(21-26-14)15-6-4-3-5-7-15)20(22)25-13-12-24-17-10-8-16(23-2)9-11-17/h3-11H,12-13H2,1-2H3. The fraction of sp³-hybridized carbons (Fsp3) is 0.200. The SMILES string of the molecule is COc1ccc(OCCOC(=O)c2c(-c3ccccc3)noc2C)cc1. The summed E-state index contributed by atoms with van der Waals surface area (Å²) < 4.78 is 21.1. The van der Waals surface area contributed by atoms with Gasteiger partial charge >= 0.3 is 5.97 Å². The molecule has 3 aromatic rings. The van der Waals surface area contributed by atoms with Crippen LogP contribution in [0.5, 0.6) is 11.5 Å². The molecular formula is C20H19NO5. The molecule has 1 heterocycles. The minimum Gasteiger partial charge on any atom is -0.497 e. The van der Waals surface area contributed by atoms with Gasteiger partial charge in [-0.05, 0) is 31.2 Å². The van der Waals surface area contributed by atoms with Crippen molar-refractivity contribution < 1.29 is 23.5 Å². The van der Waals surface area contributed by atoms with Crippen molar-refractivity contribution in [3.05, 3.63) is 65.9 Å². The lowest BCUT2D eigenvalue weighted by Gasteiger charge is -2.08. The van der Waals surface area contributed by atoms with Crippen LogP contribution in [0.15, 0.2) is 59.1 Å². The molecule has 26 heavy (non-hydrogen) atoms. The van der Waals surface area contributed by atoms with E-state index >= 15 is 0 Å². The summed E-state index contributed by atoms with van der Waals surface area (Å²) >= 11 is 0. The summed E-state index contributed by atoms with van der Waals surface area (Å²) in [6, 6.07) is 16.5. The molecule has 0 spiro atoms. The Morgan fingerprint density at radius 2 is 1.69 bits per heavy atom. The molecule has 0 aliphatic rings. The number of hydrogen-bond acceptors (Lipinski definition) is 6. The highest BCUT2D eigenvalue weighted by Crippen LogP contribution is 2.25. The number of carbonyl (C=O) groups is 1. The van der Waals surface area contributed by atoms with E-state index in [0.717, 1.165) is 11.3 Å². The number of carbonyl (C=O) groups excluding carboxylic acids is 1. The molecule has 0 atom stereocenters. The van der Waals surface area contributed by atoms with Crippen LogP contribution in [-0.4, -0.2) is 31.4 Å². The van der Waals surface area contributed by atoms with Gasteiger partial charge in [0.25, 0.3) is 0 Å². The van der Waals surface area contributed by atoms with Crippen molar-refractivity contribution in [2.24, 2.45) is 0 Å². The third-order valence-electron chi connectivity index (χ3n) is 3.76. The fourth-order valence-electron chi connectivity index (χ4n) is 2.44. The molecule has 0 N–H and O–H groups in total. The smallest absolute Gasteiger partial charge is 0.344 e. The van der Waals surface area contributed by atoms with Crippen LogP contribution in [0.4, 0.5) is 0 Å². The van der Waals surface area contributed by atoms with Gasteiger partial charge in [-0.2, -0.15) is 0 Å². The number of ether oxygens (including phenoxy) is 3. The van der Waals surface area contributed by atoms with Crippen molar-refractivity contribution in [1.29, 1.82) is 0 Å². The first-order valence-corrected chi connectivity index (χ1v) is 8.14. The third kappa shape index (κ3) is 4.03. The number of aryl methyl sites for hydroxylation is 1. The van der Waals surface area contributed by atoms with Crippen molar-refractivity contribution in [3.63, 3.8) is 0 Å². The molecule has 0 amide bonds. The van der Waals surface area contributed by atoms with Gasteiger partial charge in [0, 0.05) is 5.56 Å². The van der Waals surface area contributed by atoms with E-state index in [2.05, 4.69) is 5.16 Å². The van der Waals surface area contributed by atoms with Crippen molar-refractivity contribution >= 4 is 5.97 Å². The van der Waals surface area contributed by atoms with Crippen LogP contribution < -0.4 is 9.47 Å². The van der Waals surface area contributed by atoms with Crippen LogP contribution in [0.2, 0.25) is 0 Å². The van der Waals surface area contributed by atoms with Gasteiger partial charge in [0.1, 0.15) is 41.7 Å². The number of aromatic nitrogens is 1. The summed E-state index contributed by atoms with van der Waals surface area (Å²) in [7, 11) is 1.60. The minimum absolute atomic E-state index is 0.115. The summed E-state index contributed by atoms with van der Waals surface area (Å²) in [6.45, 7) is 2.04. The topological polar surface area (TPSA) is 70.8 Å². The zero-order valence-corrected chi connectivity index (χ0v) is 14.6. The first-order valence-electron chi connectivity index (χ1n) is 8.14. The summed E-state index contributed by atoms with van der Waals surface area (Å²) in [5.74, 6) is 1.36. The van der Waals surface area contributed by atoms with Crippen LogP contribution >= 0.6 is 0 Å². The molecule has 6 nitrogen and oxygen atoms in total. The second-order valence-electron chi connectivity index (χ2n) is 5.49. The molecule has 0 unspecified atom stereocenters. The fourth-order valence-corrected chi connectivity index (χ4v) is 2.44. The zero-order valence-electron chi connectivity index (χ0n) is 14.6. The molecule has 0 fully saturated rings. The van der Waals surface area contributed by atoms with Gasteiger partial charge in [-0.25, -0.2) is 4.79 Å². The molecule has 0 aliphatic heterocycles. The molecule has 0 aliphatic carbocycles. The molecular weight excluding hydrogens is 334 g/mol. The average molecular weight is 353 g/mol. The Morgan fingerprint density at radius 1 is 1.00 bits per heavy atom. The van der Waals surface area contributed by atoms with Crippen LogP contribution in [-0.2, 0) is 4.74 Å². The van der Waals surface area contributed by atoms with E-state index in [-0.39, 0.29) is 13.2 Å². The van der Waals surface area contributed by atoms with Crippen molar-refractivity contribution in [3.8, 4) is 22.8 Å². The molecule has 0 saturated carbocycles. The van der Waals surface area contributed by atoms with Crippen LogP contribution in [0.1, 0.15) is 16.1 Å². The van der Waals surface area contributed by atoms with Gasteiger partial charge in [-0.3, -0.25) is 0 Å².